The van der Waals surface area contributed by atoms with Gasteiger partial charge in [0.15, 0.2) is 0 Å². The summed E-state index contributed by atoms with van der Waals surface area (Å²) in [6.07, 6.45) is 1.02. The molecule has 1 N–H and O–H groups in total. The number of hydrogen-bond acceptors (Lipinski definition) is 5. The number of methoxy groups -OCH3 is 1. The Morgan fingerprint density at radius 3 is 2.68 bits per heavy atom. The summed E-state index contributed by atoms with van der Waals surface area (Å²) in [6.45, 7) is 2.96. The zero-order valence-corrected chi connectivity index (χ0v) is 14.0. The van der Waals surface area contributed by atoms with Crippen LogP contribution in [-0.4, -0.2) is 23.6 Å². The summed E-state index contributed by atoms with van der Waals surface area (Å²) in [4.78, 5) is 9.58. The van der Waals surface area contributed by atoms with Crippen LogP contribution in [0.4, 0.5) is 5.82 Å². The van der Waals surface area contributed by atoms with Gasteiger partial charge in [-0.2, -0.15) is 0 Å². The van der Waals surface area contributed by atoms with Gasteiger partial charge in [-0.15, -0.1) is 11.3 Å². The van der Waals surface area contributed by atoms with E-state index in [0.717, 1.165) is 45.9 Å². The minimum atomic E-state index is 0.272. The minimum absolute atomic E-state index is 0.272. The molecule has 0 saturated carbocycles. The number of ether oxygens (including phenoxy) is 1. The number of halogens is 1. The molecule has 2 aromatic heterocycles. The Bertz CT molecular complexity index is 786. The van der Waals surface area contributed by atoms with Crippen molar-refractivity contribution in [2.45, 2.75) is 13.3 Å². The van der Waals surface area contributed by atoms with Crippen molar-refractivity contribution in [3.8, 4) is 16.9 Å². The van der Waals surface area contributed by atoms with Crippen molar-refractivity contribution in [3.63, 3.8) is 0 Å². The second kappa shape index (κ2) is 6.50. The Balaban J connectivity index is 2.12. The molecule has 6 heteroatoms. The lowest BCUT2D eigenvalue weighted by molar-refractivity contribution is 0.415. The molecule has 0 saturated heterocycles. The van der Waals surface area contributed by atoms with Gasteiger partial charge >= 0.3 is 0 Å². The van der Waals surface area contributed by atoms with E-state index in [-0.39, 0.29) is 5.28 Å². The van der Waals surface area contributed by atoms with Crippen molar-refractivity contribution in [3.05, 3.63) is 34.9 Å². The maximum absolute atomic E-state index is 6.03. The van der Waals surface area contributed by atoms with Crippen LogP contribution in [0, 0.1) is 0 Å². The van der Waals surface area contributed by atoms with E-state index in [1.807, 2.05) is 24.3 Å². The molecule has 0 radical (unpaired) electrons. The molecule has 0 spiro atoms. The van der Waals surface area contributed by atoms with E-state index < -0.39 is 0 Å². The number of rotatable bonds is 5. The summed E-state index contributed by atoms with van der Waals surface area (Å²) in [5, 5.41) is 6.73. The number of benzene rings is 1. The topological polar surface area (TPSA) is 47.0 Å². The van der Waals surface area contributed by atoms with Crippen LogP contribution in [0.15, 0.2) is 29.6 Å². The molecule has 114 valence electrons. The fourth-order valence-corrected chi connectivity index (χ4v) is 3.44. The molecule has 0 aliphatic heterocycles. The third kappa shape index (κ3) is 2.87. The summed E-state index contributed by atoms with van der Waals surface area (Å²) in [6, 6.07) is 7.99. The molecule has 0 aliphatic carbocycles. The zero-order valence-electron chi connectivity index (χ0n) is 12.4. The monoisotopic (exact) mass is 333 g/mol. The van der Waals surface area contributed by atoms with Gasteiger partial charge in [0.1, 0.15) is 16.4 Å². The summed E-state index contributed by atoms with van der Waals surface area (Å²) in [5.74, 6) is 1.64. The molecule has 0 unspecified atom stereocenters. The van der Waals surface area contributed by atoms with Crippen molar-refractivity contribution >= 4 is 39.0 Å². The van der Waals surface area contributed by atoms with Crippen LogP contribution >= 0.6 is 22.9 Å². The van der Waals surface area contributed by atoms with Crippen molar-refractivity contribution in [1.82, 2.24) is 9.97 Å². The van der Waals surface area contributed by atoms with E-state index in [1.165, 1.54) is 0 Å². The third-order valence-electron chi connectivity index (χ3n) is 3.35. The lowest BCUT2D eigenvalue weighted by Gasteiger charge is -2.08. The highest BCUT2D eigenvalue weighted by molar-refractivity contribution is 7.17. The predicted molar refractivity (Wildman–Crippen MR) is 93.2 cm³/mol. The molecule has 0 amide bonds. The van der Waals surface area contributed by atoms with Gasteiger partial charge < -0.3 is 10.1 Å². The highest BCUT2D eigenvalue weighted by atomic mass is 35.5. The van der Waals surface area contributed by atoms with Crippen LogP contribution in [0.2, 0.25) is 5.28 Å². The number of nitrogens with zero attached hydrogens (tertiary/aromatic N) is 2. The molecule has 4 nitrogen and oxygen atoms in total. The molecular formula is C16H16ClN3OS. The van der Waals surface area contributed by atoms with Crippen LogP contribution in [0.3, 0.4) is 0 Å². The summed E-state index contributed by atoms with van der Waals surface area (Å²) < 4.78 is 5.21. The number of fused-ring (bicyclic) bond motifs is 1. The molecule has 3 aromatic rings. The second-order valence-electron chi connectivity index (χ2n) is 4.83. The summed E-state index contributed by atoms with van der Waals surface area (Å²) in [7, 11) is 1.66. The highest BCUT2D eigenvalue weighted by Gasteiger charge is 2.14. The van der Waals surface area contributed by atoms with Crippen LogP contribution in [0.5, 0.6) is 5.75 Å². The fourth-order valence-electron chi connectivity index (χ4n) is 2.27. The van der Waals surface area contributed by atoms with Gasteiger partial charge in [0.25, 0.3) is 0 Å². The quantitative estimate of drug-likeness (QED) is 0.678. The number of anilines is 1. The first-order chi connectivity index (χ1) is 10.7. The molecule has 0 aliphatic rings. The Morgan fingerprint density at radius 2 is 2.00 bits per heavy atom. The van der Waals surface area contributed by atoms with Crippen molar-refractivity contribution < 1.29 is 4.74 Å². The first-order valence-electron chi connectivity index (χ1n) is 7.06. The maximum Gasteiger partial charge on any atom is 0.225 e. The number of thiophene rings is 1. The van der Waals surface area contributed by atoms with E-state index in [9.17, 15) is 0 Å². The van der Waals surface area contributed by atoms with Gasteiger partial charge in [0.2, 0.25) is 5.28 Å². The van der Waals surface area contributed by atoms with E-state index in [0.29, 0.717) is 0 Å². The smallest absolute Gasteiger partial charge is 0.225 e. The van der Waals surface area contributed by atoms with Gasteiger partial charge in [-0.1, -0.05) is 19.1 Å². The number of hydrogen-bond donors (Lipinski definition) is 1. The third-order valence-corrected chi connectivity index (χ3v) is 4.39. The van der Waals surface area contributed by atoms with E-state index in [2.05, 4.69) is 27.6 Å². The SMILES string of the molecule is CCCNc1nc(Cl)nc2scc(-c3ccc(OC)cc3)c12. The Labute approximate surface area is 138 Å². The van der Waals surface area contributed by atoms with Crippen LogP contribution in [0.1, 0.15) is 13.3 Å². The van der Waals surface area contributed by atoms with Crippen LogP contribution < -0.4 is 10.1 Å². The van der Waals surface area contributed by atoms with Crippen molar-refractivity contribution in [1.29, 1.82) is 0 Å². The van der Waals surface area contributed by atoms with Gasteiger partial charge in [0.05, 0.1) is 12.5 Å². The molecule has 3 rings (SSSR count). The lowest BCUT2D eigenvalue weighted by atomic mass is 10.1. The van der Waals surface area contributed by atoms with Gasteiger partial charge in [0, 0.05) is 17.5 Å². The van der Waals surface area contributed by atoms with Crippen LogP contribution in [-0.2, 0) is 0 Å². The zero-order chi connectivity index (χ0) is 15.5. The van der Waals surface area contributed by atoms with E-state index >= 15 is 0 Å². The lowest BCUT2D eigenvalue weighted by Crippen LogP contribution is -2.03. The van der Waals surface area contributed by atoms with Crippen LogP contribution in [0.25, 0.3) is 21.3 Å². The summed E-state index contributed by atoms with van der Waals surface area (Å²) >= 11 is 7.60. The average Bonchev–Trinajstić information content (AvgIpc) is 2.96. The Kier molecular flexibility index (Phi) is 4.45. The minimum Gasteiger partial charge on any atom is -0.497 e. The first kappa shape index (κ1) is 15.1. The normalized spacial score (nSPS) is 10.9. The maximum atomic E-state index is 6.03. The summed E-state index contributed by atoms with van der Waals surface area (Å²) in [5.41, 5.74) is 2.22. The predicted octanol–water partition coefficient (Wildman–Crippen LogP) is 4.84. The van der Waals surface area contributed by atoms with Gasteiger partial charge in [-0.3, -0.25) is 0 Å². The molecule has 0 fully saturated rings. The number of nitrogens with one attached hydrogen (secondary N) is 1. The molecule has 0 atom stereocenters. The molecule has 0 bridgehead atoms. The average molecular weight is 334 g/mol. The Morgan fingerprint density at radius 1 is 1.23 bits per heavy atom. The largest absolute Gasteiger partial charge is 0.497 e. The molecular weight excluding hydrogens is 318 g/mol. The van der Waals surface area contributed by atoms with Gasteiger partial charge in [-0.25, -0.2) is 9.97 Å². The number of aromatic nitrogens is 2. The van der Waals surface area contributed by atoms with E-state index in [4.69, 9.17) is 16.3 Å². The molecule has 22 heavy (non-hydrogen) atoms. The fraction of sp³-hybridized carbons (Fsp3) is 0.250. The highest BCUT2D eigenvalue weighted by Crippen LogP contribution is 2.37. The van der Waals surface area contributed by atoms with E-state index in [1.54, 1.807) is 18.4 Å². The Hall–Kier alpha value is -1.85. The standard InChI is InChI=1S/C16H16ClN3OS/c1-3-8-18-14-13-12(9-22-15(13)20-16(17)19-14)10-4-6-11(21-2)7-5-10/h4-7,9H,3,8H2,1-2H3,(H,18,19,20). The van der Waals surface area contributed by atoms with Crippen molar-refractivity contribution in [2.24, 2.45) is 0 Å². The molecule has 2 heterocycles. The molecule has 1 aromatic carbocycles. The second-order valence-corrected chi connectivity index (χ2v) is 6.02. The first-order valence-corrected chi connectivity index (χ1v) is 8.31. The van der Waals surface area contributed by atoms with Crippen molar-refractivity contribution in [2.75, 3.05) is 19.0 Å². The van der Waals surface area contributed by atoms with Gasteiger partial charge in [-0.05, 0) is 35.7 Å².